The van der Waals surface area contributed by atoms with Gasteiger partial charge in [-0.15, -0.1) is 0 Å². The van der Waals surface area contributed by atoms with Crippen LogP contribution in [0, 0.1) is 11.2 Å². The Balaban J connectivity index is 1.64. The fourth-order valence-electron chi connectivity index (χ4n) is 3.57. The largest absolute Gasteiger partial charge is 0.491 e. The molecule has 0 aliphatic carbocycles. The molecule has 1 saturated heterocycles. The Morgan fingerprint density at radius 2 is 2.10 bits per heavy atom. The number of benzene rings is 1. The molecule has 1 aromatic heterocycles. The van der Waals surface area contributed by atoms with Gasteiger partial charge in [-0.25, -0.2) is 4.39 Å². The molecule has 31 heavy (non-hydrogen) atoms. The molecule has 1 aromatic carbocycles. The molecule has 0 radical (unpaired) electrons. The summed E-state index contributed by atoms with van der Waals surface area (Å²) in [6.07, 6.45) is -4.81. The van der Waals surface area contributed by atoms with Crippen molar-refractivity contribution >= 4 is 5.91 Å². The van der Waals surface area contributed by atoms with Crippen molar-refractivity contribution in [2.45, 2.75) is 25.7 Å². The number of carbonyl (C=O) groups excluding carboxylic acids is 1. The van der Waals surface area contributed by atoms with Crippen LogP contribution in [0.1, 0.15) is 18.4 Å². The molecule has 0 spiro atoms. The summed E-state index contributed by atoms with van der Waals surface area (Å²) in [6.45, 7) is 2.33. The van der Waals surface area contributed by atoms with Crippen molar-refractivity contribution in [3.63, 3.8) is 0 Å². The van der Waals surface area contributed by atoms with E-state index in [4.69, 9.17) is 14.2 Å². The second kappa shape index (κ2) is 7.75. The van der Waals surface area contributed by atoms with Crippen LogP contribution < -0.4 is 4.74 Å². The lowest BCUT2D eigenvalue weighted by Gasteiger charge is -2.43. The number of amides is 1. The van der Waals surface area contributed by atoms with Crippen molar-refractivity contribution in [2.75, 3.05) is 33.5 Å². The third-order valence-electron chi connectivity index (χ3n) is 5.31. The average Bonchev–Trinajstić information content (AvgIpc) is 3.12. The molecule has 2 aromatic rings. The number of carbonyl (C=O) groups is 1. The van der Waals surface area contributed by atoms with E-state index in [1.807, 2.05) is 0 Å². The zero-order valence-corrected chi connectivity index (χ0v) is 16.7. The maximum Gasteiger partial charge on any atom is 0.471 e. The van der Waals surface area contributed by atoms with E-state index in [9.17, 15) is 22.4 Å². The number of methoxy groups -OCH3 is 1. The average molecular weight is 445 g/mol. The predicted octanol–water partition coefficient (Wildman–Crippen LogP) is 2.67. The number of halogens is 4. The molecule has 168 valence electrons. The molecular weight excluding hydrogens is 426 g/mol. The van der Waals surface area contributed by atoms with Gasteiger partial charge in [0.05, 0.1) is 32.4 Å². The summed E-state index contributed by atoms with van der Waals surface area (Å²) in [6, 6.07) is 1.93. The molecule has 1 atom stereocenters. The topological polar surface area (TPSA) is 86.9 Å². The van der Waals surface area contributed by atoms with Gasteiger partial charge in [0.1, 0.15) is 23.6 Å². The van der Waals surface area contributed by atoms with Gasteiger partial charge in [0, 0.05) is 18.2 Å². The van der Waals surface area contributed by atoms with Crippen LogP contribution in [0.25, 0.3) is 11.4 Å². The number of nitrogens with zero attached hydrogens (tertiary/aromatic N) is 3. The summed E-state index contributed by atoms with van der Waals surface area (Å²) in [5, 5.41) is 3.28. The smallest absolute Gasteiger partial charge is 0.471 e. The van der Waals surface area contributed by atoms with Gasteiger partial charge < -0.3 is 23.6 Å². The minimum Gasteiger partial charge on any atom is -0.491 e. The standard InChI is InChI=1S/C19H19F4N3O5/c1-10-6-30-14-4-11(15-24-16(31-25-15)19(21,22)23)3-13(20)12(14)5-26(10)17(27)18(7-28-2)8-29-9-18/h3-4,10H,5-9H2,1-2H3/t10-/m0/s1. The molecule has 4 rings (SSSR count). The second-order valence-corrected chi connectivity index (χ2v) is 7.65. The van der Waals surface area contributed by atoms with Gasteiger partial charge in [-0.3, -0.25) is 4.79 Å². The first kappa shape index (κ1) is 21.5. The fraction of sp³-hybridized carbons (Fsp3) is 0.526. The van der Waals surface area contributed by atoms with Gasteiger partial charge in [0.25, 0.3) is 0 Å². The molecule has 2 aliphatic rings. The number of aromatic nitrogens is 2. The van der Waals surface area contributed by atoms with E-state index >= 15 is 0 Å². The predicted molar refractivity (Wildman–Crippen MR) is 95.3 cm³/mol. The van der Waals surface area contributed by atoms with Gasteiger partial charge in [-0.05, 0) is 19.1 Å². The van der Waals surface area contributed by atoms with E-state index in [0.717, 1.165) is 6.07 Å². The summed E-state index contributed by atoms with van der Waals surface area (Å²) in [4.78, 5) is 18.0. The van der Waals surface area contributed by atoms with Gasteiger partial charge in [-0.2, -0.15) is 18.2 Å². The molecule has 12 heteroatoms. The molecule has 1 fully saturated rings. The third-order valence-corrected chi connectivity index (χ3v) is 5.31. The van der Waals surface area contributed by atoms with Crippen LogP contribution in [0.4, 0.5) is 17.6 Å². The van der Waals surface area contributed by atoms with Gasteiger partial charge in [0.2, 0.25) is 11.7 Å². The van der Waals surface area contributed by atoms with Crippen LogP contribution in [0.5, 0.6) is 5.75 Å². The number of rotatable bonds is 4. The minimum atomic E-state index is -4.81. The molecule has 1 amide bonds. The lowest BCUT2D eigenvalue weighted by Crippen LogP contribution is -2.59. The molecule has 3 heterocycles. The van der Waals surface area contributed by atoms with Crippen molar-refractivity contribution in [3.05, 3.63) is 29.4 Å². The van der Waals surface area contributed by atoms with Gasteiger partial charge in [-0.1, -0.05) is 5.16 Å². The summed E-state index contributed by atoms with van der Waals surface area (Å²) < 4.78 is 73.4. The van der Waals surface area contributed by atoms with E-state index < -0.39 is 29.1 Å². The quantitative estimate of drug-likeness (QED) is 0.669. The number of hydrogen-bond acceptors (Lipinski definition) is 7. The van der Waals surface area contributed by atoms with Crippen LogP contribution in [0.2, 0.25) is 0 Å². The zero-order chi connectivity index (χ0) is 22.4. The Morgan fingerprint density at radius 1 is 1.35 bits per heavy atom. The van der Waals surface area contributed by atoms with E-state index in [1.54, 1.807) is 6.92 Å². The maximum absolute atomic E-state index is 15.0. The SMILES string of the molecule is COCC1(C(=O)N2Cc3c(F)cc(-c4noc(C(F)(F)F)n4)cc3OC[C@@H]2C)COC1. The van der Waals surface area contributed by atoms with E-state index in [2.05, 4.69) is 14.7 Å². The normalized spacial score (nSPS) is 20.5. The summed E-state index contributed by atoms with van der Waals surface area (Å²) in [5.74, 6) is -2.85. The third kappa shape index (κ3) is 3.85. The molecule has 0 unspecified atom stereocenters. The highest BCUT2D eigenvalue weighted by Crippen LogP contribution is 2.37. The molecule has 0 N–H and O–H groups in total. The first-order valence-electron chi connectivity index (χ1n) is 9.39. The summed E-state index contributed by atoms with van der Waals surface area (Å²) in [7, 11) is 1.49. The Kier molecular flexibility index (Phi) is 5.38. The Hall–Kier alpha value is -2.73. The first-order chi connectivity index (χ1) is 14.6. The van der Waals surface area contributed by atoms with Crippen LogP contribution in [-0.2, 0) is 27.0 Å². The molecular formula is C19H19F4N3O5. The monoisotopic (exact) mass is 445 g/mol. The van der Waals surface area contributed by atoms with Crippen molar-refractivity contribution in [3.8, 4) is 17.1 Å². The van der Waals surface area contributed by atoms with Gasteiger partial charge in [0.15, 0.2) is 0 Å². The number of ether oxygens (including phenoxy) is 3. The van der Waals surface area contributed by atoms with E-state index in [1.165, 1.54) is 18.1 Å². The van der Waals surface area contributed by atoms with E-state index in [0.29, 0.717) is 0 Å². The fourth-order valence-corrected chi connectivity index (χ4v) is 3.57. The van der Waals surface area contributed by atoms with Crippen molar-refractivity contribution < 1.29 is 41.1 Å². The first-order valence-corrected chi connectivity index (χ1v) is 9.39. The van der Waals surface area contributed by atoms with Crippen LogP contribution in [0.15, 0.2) is 16.7 Å². The number of hydrogen-bond donors (Lipinski definition) is 0. The van der Waals surface area contributed by atoms with Crippen LogP contribution in [0.3, 0.4) is 0 Å². The molecule has 0 bridgehead atoms. The maximum atomic E-state index is 15.0. The summed E-state index contributed by atoms with van der Waals surface area (Å²) >= 11 is 0. The Morgan fingerprint density at radius 3 is 2.68 bits per heavy atom. The summed E-state index contributed by atoms with van der Waals surface area (Å²) in [5.41, 5.74) is -0.761. The van der Waals surface area contributed by atoms with Crippen LogP contribution in [-0.4, -0.2) is 60.5 Å². The highest BCUT2D eigenvalue weighted by atomic mass is 19.4. The number of fused-ring (bicyclic) bond motifs is 1. The second-order valence-electron chi connectivity index (χ2n) is 7.65. The molecule has 0 saturated carbocycles. The molecule has 8 nitrogen and oxygen atoms in total. The number of alkyl halides is 3. The van der Waals surface area contributed by atoms with Crippen molar-refractivity contribution in [2.24, 2.45) is 5.41 Å². The van der Waals surface area contributed by atoms with E-state index in [-0.39, 0.29) is 61.8 Å². The lowest BCUT2D eigenvalue weighted by molar-refractivity contribution is -0.185. The van der Waals surface area contributed by atoms with Crippen molar-refractivity contribution in [1.82, 2.24) is 15.0 Å². The minimum absolute atomic E-state index is 0.0359. The zero-order valence-electron chi connectivity index (χ0n) is 16.7. The lowest BCUT2D eigenvalue weighted by atomic mass is 9.84. The Bertz CT molecular complexity index is 989. The van der Waals surface area contributed by atoms with Crippen molar-refractivity contribution in [1.29, 1.82) is 0 Å². The highest BCUT2D eigenvalue weighted by Gasteiger charge is 2.49. The molecule has 2 aliphatic heterocycles. The van der Waals surface area contributed by atoms with Crippen LogP contribution >= 0.6 is 0 Å². The van der Waals surface area contributed by atoms with Gasteiger partial charge >= 0.3 is 12.1 Å². The highest BCUT2D eigenvalue weighted by molar-refractivity contribution is 5.84. The Labute approximate surface area is 174 Å².